The highest BCUT2D eigenvalue weighted by Crippen LogP contribution is 2.32. The molecule has 0 aliphatic carbocycles. The second kappa shape index (κ2) is 8.35. The van der Waals surface area contributed by atoms with Crippen molar-refractivity contribution in [1.29, 1.82) is 0 Å². The first-order valence-electron chi connectivity index (χ1n) is 8.81. The number of fused-ring (bicyclic) bond motifs is 1. The van der Waals surface area contributed by atoms with Crippen LogP contribution in [0.1, 0.15) is 29.6 Å². The summed E-state index contributed by atoms with van der Waals surface area (Å²) in [5.41, 5.74) is 0.622. The topological polar surface area (TPSA) is 54.0 Å². The maximum absolute atomic E-state index is 12.1. The summed E-state index contributed by atoms with van der Waals surface area (Å²) in [5.74, 6) is 1.30. The Balaban J connectivity index is 1.28. The number of likely N-dealkylation sites (N-methyl/N-ethyl adjacent to an activating group) is 1. The maximum atomic E-state index is 12.1. The van der Waals surface area contributed by atoms with Crippen LogP contribution in [0.4, 0.5) is 0 Å². The molecule has 2 aliphatic heterocycles. The van der Waals surface area contributed by atoms with Crippen molar-refractivity contribution in [3.63, 3.8) is 0 Å². The number of hydrogen-bond donors (Lipinski definition) is 1. The molecule has 2 heterocycles. The summed E-state index contributed by atoms with van der Waals surface area (Å²) < 4.78 is 10.6. The van der Waals surface area contributed by atoms with E-state index in [1.54, 1.807) is 18.2 Å². The molecule has 132 valence electrons. The minimum Gasteiger partial charge on any atom is -0.454 e. The van der Waals surface area contributed by atoms with E-state index in [4.69, 9.17) is 9.47 Å². The van der Waals surface area contributed by atoms with Gasteiger partial charge in [-0.05, 0) is 44.6 Å². The minimum atomic E-state index is -0.0487. The molecule has 24 heavy (non-hydrogen) atoms. The third-order valence-corrected chi connectivity index (χ3v) is 4.67. The van der Waals surface area contributed by atoms with Gasteiger partial charge in [0.15, 0.2) is 11.5 Å². The molecule has 1 saturated heterocycles. The number of amides is 1. The average Bonchev–Trinajstić information content (AvgIpc) is 3.07. The van der Waals surface area contributed by atoms with Gasteiger partial charge in [0, 0.05) is 38.3 Å². The molecular formula is C18H27N3O3. The molecule has 0 aromatic heterocycles. The first kappa shape index (κ1) is 17.0. The Bertz CT molecular complexity index is 556. The molecule has 1 amide bonds. The third kappa shape index (κ3) is 4.61. The summed E-state index contributed by atoms with van der Waals surface area (Å²) >= 11 is 0. The molecule has 3 rings (SSSR count). The first-order valence-corrected chi connectivity index (χ1v) is 8.81. The van der Waals surface area contributed by atoms with Gasteiger partial charge in [0.2, 0.25) is 6.79 Å². The van der Waals surface area contributed by atoms with Crippen molar-refractivity contribution in [3.05, 3.63) is 23.8 Å². The van der Waals surface area contributed by atoms with E-state index in [1.807, 2.05) is 0 Å². The molecule has 2 aliphatic rings. The Morgan fingerprint density at radius 1 is 1.08 bits per heavy atom. The van der Waals surface area contributed by atoms with Gasteiger partial charge in [0.25, 0.3) is 5.91 Å². The predicted molar refractivity (Wildman–Crippen MR) is 92.7 cm³/mol. The van der Waals surface area contributed by atoms with Crippen LogP contribution in [0.5, 0.6) is 11.5 Å². The SMILES string of the molecule is CN1CCN(CCCCCNC(=O)c2ccc3c(c2)OCO3)CC1. The average molecular weight is 333 g/mol. The Labute approximate surface area is 143 Å². The summed E-state index contributed by atoms with van der Waals surface area (Å²) in [6.45, 7) is 6.82. The van der Waals surface area contributed by atoms with E-state index in [-0.39, 0.29) is 12.7 Å². The lowest BCUT2D eigenvalue weighted by molar-refractivity contribution is 0.0952. The van der Waals surface area contributed by atoms with E-state index in [9.17, 15) is 4.79 Å². The van der Waals surface area contributed by atoms with Crippen molar-refractivity contribution in [2.24, 2.45) is 0 Å². The number of piperazine rings is 1. The van der Waals surface area contributed by atoms with Crippen molar-refractivity contribution in [2.75, 3.05) is 53.1 Å². The molecule has 6 nitrogen and oxygen atoms in total. The van der Waals surface area contributed by atoms with Gasteiger partial charge >= 0.3 is 0 Å². The monoisotopic (exact) mass is 333 g/mol. The summed E-state index contributed by atoms with van der Waals surface area (Å²) in [4.78, 5) is 17.0. The molecular weight excluding hydrogens is 306 g/mol. The largest absolute Gasteiger partial charge is 0.454 e. The molecule has 0 bridgehead atoms. The first-order chi connectivity index (χ1) is 11.7. The van der Waals surface area contributed by atoms with Crippen molar-refractivity contribution in [2.45, 2.75) is 19.3 Å². The fraction of sp³-hybridized carbons (Fsp3) is 0.611. The molecule has 1 aromatic carbocycles. The van der Waals surface area contributed by atoms with Gasteiger partial charge in [-0.1, -0.05) is 6.42 Å². The molecule has 1 N–H and O–H groups in total. The van der Waals surface area contributed by atoms with Crippen molar-refractivity contribution in [1.82, 2.24) is 15.1 Å². The highest BCUT2D eigenvalue weighted by molar-refractivity contribution is 5.94. The Hall–Kier alpha value is -1.79. The number of hydrogen-bond acceptors (Lipinski definition) is 5. The van der Waals surface area contributed by atoms with E-state index < -0.39 is 0 Å². The van der Waals surface area contributed by atoms with E-state index in [1.165, 1.54) is 39.1 Å². The molecule has 0 spiro atoms. The molecule has 1 fully saturated rings. The van der Waals surface area contributed by atoms with Crippen molar-refractivity contribution < 1.29 is 14.3 Å². The van der Waals surface area contributed by atoms with Crippen LogP contribution in [0.25, 0.3) is 0 Å². The zero-order valence-corrected chi connectivity index (χ0v) is 14.4. The summed E-state index contributed by atoms with van der Waals surface area (Å²) in [7, 11) is 2.18. The number of rotatable bonds is 7. The maximum Gasteiger partial charge on any atom is 0.251 e. The molecule has 0 radical (unpaired) electrons. The van der Waals surface area contributed by atoms with Gasteiger partial charge in [0.05, 0.1) is 0 Å². The van der Waals surface area contributed by atoms with E-state index in [0.717, 1.165) is 19.4 Å². The van der Waals surface area contributed by atoms with Crippen LogP contribution < -0.4 is 14.8 Å². The van der Waals surface area contributed by atoms with Gasteiger partial charge < -0.3 is 24.6 Å². The van der Waals surface area contributed by atoms with Crippen LogP contribution in [-0.4, -0.2) is 68.8 Å². The van der Waals surface area contributed by atoms with E-state index >= 15 is 0 Å². The number of ether oxygens (including phenoxy) is 2. The number of nitrogens with one attached hydrogen (secondary N) is 1. The normalized spacial score (nSPS) is 17.9. The third-order valence-electron chi connectivity index (χ3n) is 4.67. The van der Waals surface area contributed by atoms with Crippen LogP contribution >= 0.6 is 0 Å². The number of nitrogens with zero attached hydrogens (tertiary/aromatic N) is 2. The lowest BCUT2D eigenvalue weighted by Gasteiger charge is -2.32. The highest BCUT2D eigenvalue weighted by Gasteiger charge is 2.16. The molecule has 1 aromatic rings. The van der Waals surface area contributed by atoms with Crippen LogP contribution in [-0.2, 0) is 0 Å². The van der Waals surface area contributed by atoms with Crippen LogP contribution in [0, 0.1) is 0 Å². The molecule has 0 atom stereocenters. The fourth-order valence-corrected chi connectivity index (χ4v) is 3.05. The molecule has 0 saturated carbocycles. The van der Waals surface area contributed by atoms with E-state index in [2.05, 4.69) is 22.2 Å². The number of carbonyl (C=O) groups excluding carboxylic acids is 1. The fourth-order valence-electron chi connectivity index (χ4n) is 3.05. The van der Waals surface area contributed by atoms with Crippen molar-refractivity contribution >= 4 is 5.91 Å². The minimum absolute atomic E-state index is 0.0487. The van der Waals surface area contributed by atoms with Gasteiger partial charge in [-0.3, -0.25) is 4.79 Å². The Morgan fingerprint density at radius 3 is 2.71 bits per heavy atom. The van der Waals surface area contributed by atoms with Gasteiger partial charge in [0.1, 0.15) is 0 Å². The van der Waals surface area contributed by atoms with Crippen molar-refractivity contribution in [3.8, 4) is 11.5 Å². The molecule has 6 heteroatoms. The number of benzene rings is 1. The number of carbonyl (C=O) groups is 1. The van der Waals surface area contributed by atoms with Gasteiger partial charge in [-0.25, -0.2) is 0 Å². The lowest BCUT2D eigenvalue weighted by Crippen LogP contribution is -2.44. The van der Waals surface area contributed by atoms with E-state index in [0.29, 0.717) is 17.1 Å². The summed E-state index contributed by atoms with van der Waals surface area (Å²) in [5, 5.41) is 2.98. The van der Waals surface area contributed by atoms with Crippen LogP contribution in [0.3, 0.4) is 0 Å². The standard InChI is InChI=1S/C18H27N3O3/c1-20-9-11-21(12-10-20)8-4-2-3-7-19-18(22)15-5-6-16-17(13-15)24-14-23-16/h5-6,13H,2-4,7-12,14H2,1H3,(H,19,22). The quantitative estimate of drug-likeness (QED) is 0.768. The lowest BCUT2D eigenvalue weighted by atomic mass is 10.1. The summed E-state index contributed by atoms with van der Waals surface area (Å²) in [6.07, 6.45) is 3.36. The van der Waals surface area contributed by atoms with Crippen LogP contribution in [0.2, 0.25) is 0 Å². The van der Waals surface area contributed by atoms with Gasteiger partial charge in [-0.15, -0.1) is 0 Å². The Morgan fingerprint density at radius 2 is 1.88 bits per heavy atom. The predicted octanol–water partition coefficient (Wildman–Crippen LogP) is 1.56. The Kier molecular flexibility index (Phi) is 5.93. The summed E-state index contributed by atoms with van der Waals surface area (Å²) in [6, 6.07) is 5.30. The smallest absolute Gasteiger partial charge is 0.251 e. The van der Waals surface area contributed by atoms with Gasteiger partial charge in [-0.2, -0.15) is 0 Å². The zero-order chi connectivity index (χ0) is 16.8. The second-order valence-electron chi connectivity index (χ2n) is 6.53. The highest BCUT2D eigenvalue weighted by atomic mass is 16.7. The second-order valence-corrected chi connectivity index (χ2v) is 6.53. The van der Waals surface area contributed by atoms with Crippen LogP contribution in [0.15, 0.2) is 18.2 Å². The number of unbranched alkanes of at least 4 members (excludes halogenated alkanes) is 2. The molecule has 0 unspecified atom stereocenters. The zero-order valence-electron chi connectivity index (χ0n) is 14.4.